The van der Waals surface area contributed by atoms with E-state index in [1.54, 1.807) is 0 Å². The monoisotopic (exact) mass is 587 g/mol. The topological polar surface area (TPSA) is 25.2 Å². The molecule has 0 saturated carbocycles. The van der Waals surface area contributed by atoms with Crippen LogP contribution in [0.25, 0.3) is 44.2 Å². The van der Waals surface area contributed by atoms with Gasteiger partial charge in [0.1, 0.15) is 11.2 Å². The van der Waals surface area contributed by atoms with Gasteiger partial charge in [-0.2, -0.15) is 0 Å². The molecule has 2 nitrogen and oxygen atoms in total. The van der Waals surface area contributed by atoms with Gasteiger partial charge in [0.05, 0.1) is 5.41 Å². The summed E-state index contributed by atoms with van der Waals surface area (Å²) < 4.78 is 6.22. The minimum atomic E-state index is -0.353. The minimum Gasteiger partial charge on any atom is -0.456 e. The van der Waals surface area contributed by atoms with Crippen molar-refractivity contribution in [2.75, 3.05) is 5.32 Å². The van der Waals surface area contributed by atoms with E-state index in [9.17, 15) is 0 Å². The molecule has 10 rings (SSSR count). The molecule has 2 aliphatic carbocycles. The standard InChI is InChI=1S/C44H29NO/c1-9-23-38(28(13-1)27-29-14-11-26-41-42(29)33-18-5-10-25-40(33)46-41)45-39-24-12-22-37-43(39)32-17-4-8-21-36(32)44(37)34-19-6-2-15-30(34)31-16-3-7-20-35(31)44/h1-26,45H,27H2. The molecule has 1 heterocycles. The lowest BCUT2D eigenvalue weighted by Gasteiger charge is -2.30. The lowest BCUT2D eigenvalue weighted by atomic mass is 9.70. The van der Waals surface area contributed by atoms with Gasteiger partial charge < -0.3 is 9.73 Å². The van der Waals surface area contributed by atoms with Crippen molar-refractivity contribution in [2.45, 2.75) is 11.8 Å². The molecule has 46 heavy (non-hydrogen) atoms. The van der Waals surface area contributed by atoms with Crippen LogP contribution in [-0.2, 0) is 11.8 Å². The third-order valence-electron chi connectivity index (χ3n) is 10.2. The van der Waals surface area contributed by atoms with Gasteiger partial charge in [0.2, 0.25) is 0 Å². The van der Waals surface area contributed by atoms with Crippen LogP contribution in [0.4, 0.5) is 11.4 Å². The second kappa shape index (κ2) is 9.57. The van der Waals surface area contributed by atoms with E-state index < -0.39 is 0 Å². The van der Waals surface area contributed by atoms with E-state index in [1.165, 1.54) is 66.4 Å². The van der Waals surface area contributed by atoms with Gasteiger partial charge in [-0.05, 0) is 74.3 Å². The fourth-order valence-corrected chi connectivity index (χ4v) is 8.39. The highest BCUT2D eigenvalue weighted by Gasteiger charge is 2.51. The van der Waals surface area contributed by atoms with Crippen molar-refractivity contribution in [3.8, 4) is 22.3 Å². The number of hydrogen-bond donors (Lipinski definition) is 1. The van der Waals surface area contributed by atoms with Gasteiger partial charge in [-0.15, -0.1) is 0 Å². The molecule has 0 fully saturated rings. The molecule has 1 aromatic heterocycles. The van der Waals surface area contributed by atoms with E-state index in [-0.39, 0.29) is 5.41 Å². The van der Waals surface area contributed by atoms with Gasteiger partial charge in [-0.1, -0.05) is 133 Å². The number of fused-ring (bicyclic) bond motifs is 13. The maximum absolute atomic E-state index is 6.22. The highest BCUT2D eigenvalue weighted by molar-refractivity contribution is 6.07. The first kappa shape index (κ1) is 25.5. The van der Waals surface area contributed by atoms with Gasteiger partial charge in [-0.25, -0.2) is 0 Å². The molecule has 1 N–H and O–H groups in total. The Morgan fingerprint density at radius 2 is 0.978 bits per heavy atom. The predicted octanol–water partition coefficient (Wildman–Crippen LogP) is 11.3. The van der Waals surface area contributed by atoms with Crippen molar-refractivity contribution in [3.05, 3.63) is 191 Å². The molecule has 7 aromatic carbocycles. The van der Waals surface area contributed by atoms with Crippen molar-refractivity contribution in [1.82, 2.24) is 0 Å². The molecule has 0 unspecified atom stereocenters. The average molecular weight is 588 g/mol. The summed E-state index contributed by atoms with van der Waals surface area (Å²) in [5, 5.41) is 6.31. The first-order valence-corrected chi connectivity index (χ1v) is 16.0. The molecule has 0 amide bonds. The van der Waals surface area contributed by atoms with Crippen LogP contribution in [-0.4, -0.2) is 0 Å². The SMILES string of the molecule is c1ccc(Nc2cccc3c2-c2ccccc2C32c3ccccc3-c3ccccc32)c(Cc2cccc3oc4ccccc4c23)c1. The van der Waals surface area contributed by atoms with Crippen LogP contribution in [0.2, 0.25) is 0 Å². The van der Waals surface area contributed by atoms with Crippen LogP contribution >= 0.6 is 0 Å². The molecule has 0 atom stereocenters. The summed E-state index contributed by atoms with van der Waals surface area (Å²) in [7, 11) is 0. The van der Waals surface area contributed by atoms with E-state index in [4.69, 9.17) is 4.42 Å². The highest BCUT2D eigenvalue weighted by Crippen LogP contribution is 2.63. The Morgan fingerprint density at radius 3 is 1.78 bits per heavy atom. The van der Waals surface area contributed by atoms with Gasteiger partial charge >= 0.3 is 0 Å². The second-order valence-electron chi connectivity index (χ2n) is 12.5. The normalized spacial score (nSPS) is 13.5. The van der Waals surface area contributed by atoms with Crippen molar-refractivity contribution < 1.29 is 4.42 Å². The van der Waals surface area contributed by atoms with E-state index in [2.05, 4.69) is 157 Å². The number of benzene rings is 7. The van der Waals surface area contributed by atoms with Gasteiger partial charge in [0.15, 0.2) is 0 Å². The van der Waals surface area contributed by atoms with Crippen LogP contribution in [0.15, 0.2) is 162 Å². The number of para-hydroxylation sites is 2. The van der Waals surface area contributed by atoms with Crippen LogP contribution in [0.1, 0.15) is 33.4 Å². The van der Waals surface area contributed by atoms with Crippen molar-refractivity contribution in [1.29, 1.82) is 0 Å². The van der Waals surface area contributed by atoms with Crippen LogP contribution in [0, 0.1) is 0 Å². The highest BCUT2D eigenvalue weighted by atomic mass is 16.3. The fourth-order valence-electron chi connectivity index (χ4n) is 8.39. The van der Waals surface area contributed by atoms with Gasteiger partial charge in [-0.3, -0.25) is 0 Å². The van der Waals surface area contributed by atoms with Crippen molar-refractivity contribution >= 4 is 33.3 Å². The summed E-state index contributed by atoms with van der Waals surface area (Å²) in [4.78, 5) is 0. The first-order chi connectivity index (χ1) is 22.8. The fraction of sp³-hybridized carbons (Fsp3) is 0.0455. The number of anilines is 2. The van der Waals surface area contributed by atoms with Crippen LogP contribution in [0.5, 0.6) is 0 Å². The molecule has 2 aliphatic rings. The lowest BCUT2D eigenvalue weighted by molar-refractivity contribution is 0.668. The van der Waals surface area contributed by atoms with Gasteiger partial charge in [0.25, 0.3) is 0 Å². The largest absolute Gasteiger partial charge is 0.456 e. The molecule has 0 saturated heterocycles. The summed E-state index contributed by atoms with van der Waals surface area (Å²) in [6.07, 6.45) is 0.792. The predicted molar refractivity (Wildman–Crippen MR) is 189 cm³/mol. The Labute approximate surface area is 267 Å². The molecular formula is C44H29NO. The molecule has 0 aliphatic heterocycles. The Kier molecular flexibility index (Phi) is 5.30. The van der Waals surface area contributed by atoms with Gasteiger partial charge in [0, 0.05) is 34.1 Å². The van der Waals surface area contributed by atoms with E-state index in [1.807, 2.05) is 6.07 Å². The molecule has 1 spiro atoms. The maximum Gasteiger partial charge on any atom is 0.135 e. The summed E-state index contributed by atoms with van der Waals surface area (Å²) in [6, 6.07) is 57.2. The Bertz CT molecular complexity index is 2450. The number of rotatable bonds is 4. The lowest BCUT2D eigenvalue weighted by Crippen LogP contribution is -2.25. The number of furan rings is 1. The molecular weight excluding hydrogens is 558 g/mol. The quantitative estimate of drug-likeness (QED) is 0.222. The number of hydrogen-bond acceptors (Lipinski definition) is 2. The molecule has 8 aromatic rings. The summed E-state index contributed by atoms with van der Waals surface area (Å²) in [5.74, 6) is 0. The molecule has 0 bridgehead atoms. The van der Waals surface area contributed by atoms with E-state index in [0.29, 0.717) is 0 Å². The van der Waals surface area contributed by atoms with Crippen molar-refractivity contribution in [2.24, 2.45) is 0 Å². The Morgan fingerprint density at radius 1 is 0.435 bits per heavy atom. The average Bonchev–Trinajstić information content (AvgIpc) is 3.74. The van der Waals surface area contributed by atoms with Crippen LogP contribution in [0.3, 0.4) is 0 Å². The Balaban J connectivity index is 1.14. The summed E-state index contributed by atoms with van der Waals surface area (Å²) in [5.41, 5.74) is 16.9. The minimum absolute atomic E-state index is 0.353. The first-order valence-electron chi connectivity index (χ1n) is 16.0. The van der Waals surface area contributed by atoms with E-state index in [0.717, 1.165) is 29.0 Å². The Hall–Kier alpha value is -5.86. The molecule has 2 heteroatoms. The summed E-state index contributed by atoms with van der Waals surface area (Å²) >= 11 is 0. The third kappa shape index (κ3) is 3.36. The maximum atomic E-state index is 6.22. The van der Waals surface area contributed by atoms with E-state index >= 15 is 0 Å². The summed E-state index contributed by atoms with van der Waals surface area (Å²) in [6.45, 7) is 0. The third-order valence-corrected chi connectivity index (χ3v) is 10.2. The number of nitrogens with one attached hydrogen (secondary N) is 1. The van der Waals surface area contributed by atoms with Crippen LogP contribution < -0.4 is 5.32 Å². The molecule has 216 valence electrons. The zero-order valence-corrected chi connectivity index (χ0v) is 25.1. The zero-order chi connectivity index (χ0) is 30.2. The smallest absolute Gasteiger partial charge is 0.135 e. The zero-order valence-electron chi connectivity index (χ0n) is 25.1. The molecule has 0 radical (unpaired) electrons. The second-order valence-corrected chi connectivity index (χ2v) is 12.5. The van der Waals surface area contributed by atoms with Crippen molar-refractivity contribution in [3.63, 3.8) is 0 Å².